The molecule has 5 rings (SSSR count). The van der Waals surface area contributed by atoms with E-state index in [-0.39, 0.29) is 5.91 Å². The molecule has 3 aromatic rings. The predicted molar refractivity (Wildman–Crippen MR) is 106 cm³/mol. The molecule has 0 radical (unpaired) electrons. The molecule has 1 amide bonds. The average Bonchev–Trinajstić information content (AvgIpc) is 3.27. The summed E-state index contributed by atoms with van der Waals surface area (Å²) < 4.78 is 0. The maximum Gasteiger partial charge on any atom is 0.277 e. The molecule has 1 unspecified atom stereocenters. The van der Waals surface area contributed by atoms with Crippen LogP contribution in [0.5, 0.6) is 0 Å². The van der Waals surface area contributed by atoms with Crippen molar-refractivity contribution in [2.75, 3.05) is 16.3 Å². The van der Waals surface area contributed by atoms with Crippen LogP contribution in [-0.4, -0.2) is 28.5 Å². The maximum atomic E-state index is 13.1. The molecule has 2 aromatic carbocycles. The molecule has 0 saturated heterocycles. The fraction of sp³-hybridized carbons (Fsp3) is 0.227. The number of aromatic nitrogens is 2. The standard InChI is InChI=1S/C22H20N4O/c1-15-12-17-7-3-5-9-20(17)26(15)21-13-18(23-14-24-21)22(27)25-11-10-16-6-2-4-8-19(16)25/h2-9,13-15H,10-12H2,1H3. The van der Waals surface area contributed by atoms with Crippen LogP contribution in [0.4, 0.5) is 17.2 Å². The Morgan fingerprint density at radius 3 is 2.59 bits per heavy atom. The number of fused-ring (bicyclic) bond motifs is 2. The van der Waals surface area contributed by atoms with E-state index in [1.54, 1.807) is 0 Å². The van der Waals surface area contributed by atoms with Gasteiger partial charge in [-0.1, -0.05) is 36.4 Å². The van der Waals surface area contributed by atoms with E-state index in [0.29, 0.717) is 18.3 Å². The minimum Gasteiger partial charge on any atom is -0.323 e. The lowest BCUT2D eigenvalue weighted by Crippen LogP contribution is -2.30. The van der Waals surface area contributed by atoms with Gasteiger partial charge < -0.3 is 9.80 Å². The van der Waals surface area contributed by atoms with E-state index in [4.69, 9.17) is 0 Å². The van der Waals surface area contributed by atoms with Gasteiger partial charge in [0.15, 0.2) is 0 Å². The van der Waals surface area contributed by atoms with Crippen molar-refractivity contribution in [3.05, 3.63) is 77.7 Å². The molecule has 0 aliphatic carbocycles. The first kappa shape index (κ1) is 16.0. The van der Waals surface area contributed by atoms with E-state index >= 15 is 0 Å². The van der Waals surface area contributed by atoms with E-state index in [1.807, 2.05) is 35.2 Å². The van der Waals surface area contributed by atoms with Gasteiger partial charge in [0.1, 0.15) is 17.8 Å². The van der Waals surface area contributed by atoms with Crippen molar-refractivity contribution in [2.45, 2.75) is 25.8 Å². The van der Waals surface area contributed by atoms with E-state index < -0.39 is 0 Å². The molecule has 3 heterocycles. The van der Waals surface area contributed by atoms with Gasteiger partial charge in [0.05, 0.1) is 0 Å². The number of para-hydroxylation sites is 2. The molecule has 0 saturated carbocycles. The van der Waals surface area contributed by atoms with Gasteiger partial charge in [-0.2, -0.15) is 0 Å². The van der Waals surface area contributed by atoms with Crippen LogP contribution in [0.25, 0.3) is 0 Å². The number of amides is 1. The number of anilines is 3. The van der Waals surface area contributed by atoms with Crippen molar-refractivity contribution < 1.29 is 4.79 Å². The van der Waals surface area contributed by atoms with E-state index in [1.165, 1.54) is 17.5 Å². The zero-order chi connectivity index (χ0) is 18.4. The van der Waals surface area contributed by atoms with Gasteiger partial charge in [-0.15, -0.1) is 0 Å². The summed E-state index contributed by atoms with van der Waals surface area (Å²) in [5.41, 5.74) is 5.11. The summed E-state index contributed by atoms with van der Waals surface area (Å²) in [6, 6.07) is 18.6. The van der Waals surface area contributed by atoms with Crippen LogP contribution in [0.15, 0.2) is 60.9 Å². The summed E-state index contributed by atoms with van der Waals surface area (Å²) in [7, 11) is 0. The summed E-state index contributed by atoms with van der Waals surface area (Å²) in [4.78, 5) is 25.9. The second-order valence-electron chi connectivity index (χ2n) is 7.15. The number of rotatable bonds is 2. The van der Waals surface area contributed by atoms with Crippen LogP contribution in [0, 0.1) is 0 Å². The quantitative estimate of drug-likeness (QED) is 0.701. The molecule has 134 valence electrons. The van der Waals surface area contributed by atoms with Gasteiger partial charge in [-0.05, 0) is 43.0 Å². The first-order chi connectivity index (χ1) is 13.2. The number of nitrogens with zero attached hydrogens (tertiary/aromatic N) is 4. The third-order valence-electron chi connectivity index (χ3n) is 5.46. The van der Waals surface area contributed by atoms with Crippen molar-refractivity contribution in [1.82, 2.24) is 9.97 Å². The molecule has 5 heteroatoms. The van der Waals surface area contributed by atoms with Crippen molar-refractivity contribution in [2.24, 2.45) is 0 Å². The molecule has 0 bridgehead atoms. The SMILES string of the molecule is CC1Cc2ccccc2N1c1cc(C(=O)N2CCc3ccccc32)ncn1. The monoisotopic (exact) mass is 356 g/mol. The van der Waals surface area contributed by atoms with Crippen LogP contribution in [0.2, 0.25) is 0 Å². The second kappa shape index (κ2) is 6.20. The van der Waals surface area contributed by atoms with Crippen LogP contribution in [0.3, 0.4) is 0 Å². The number of hydrogen-bond donors (Lipinski definition) is 0. The maximum absolute atomic E-state index is 13.1. The molecule has 2 aliphatic heterocycles. The molecule has 5 nitrogen and oxygen atoms in total. The van der Waals surface area contributed by atoms with E-state index in [2.05, 4.69) is 46.1 Å². The number of benzene rings is 2. The first-order valence-electron chi connectivity index (χ1n) is 9.31. The molecule has 0 spiro atoms. The molecule has 1 atom stereocenters. The lowest BCUT2D eigenvalue weighted by Gasteiger charge is -2.24. The molecule has 0 fully saturated rings. The van der Waals surface area contributed by atoms with Crippen LogP contribution in [-0.2, 0) is 12.8 Å². The number of hydrogen-bond acceptors (Lipinski definition) is 4. The Morgan fingerprint density at radius 1 is 1.00 bits per heavy atom. The smallest absolute Gasteiger partial charge is 0.277 e. The Kier molecular flexibility index (Phi) is 3.67. The normalized spacial score (nSPS) is 17.7. The number of carbonyl (C=O) groups is 1. The zero-order valence-corrected chi connectivity index (χ0v) is 15.2. The molecular weight excluding hydrogens is 336 g/mol. The van der Waals surface area contributed by atoms with Gasteiger partial charge >= 0.3 is 0 Å². The highest BCUT2D eigenvalue weighted by Crippen LogP contribution is 2.37. The molecule has 27 heavy (non-hydrogen) atoms. The minimum atomic E-state index is -0.0660. The fourth-order valence-electron chi connectivity index (χ4n) is 4.20. The fourth-order valence-corrected chi connectivity index (χ4v) is 4.20. The van der Waals surface area contributed by atoms with Crippen molar-refractivity contribution in [3.63, 3.8) is 0 Å². The van der Waals surface area contributed by atoms with E-state index in [0.717, 1.165) is 30.0 Å². The largest absolute Gasteiger partial charge is 0.323 e. The minimum absolute atomic E-state index is 0.0660. The lowest BCUT2D eigenvalue weighted by atomic mass is 10.1. The highest BCUT2D eigenvalue weighted by molar-refractivity contribution is 6.06. The predicted octanol–water partition coefficient (Wildman–Crippen LogP) is 3.76. The van der Waals surface area contributed by atoms with Gasteiger partial charge in [-0.25, -0.2) is 9.97 Å². The van der Waals surface area contributed by atoms with Crippen molar-refractivity contribution in [1.29, 1.82) is 0 Å². The Bertz CT molecular complexity index is 1030. The summed E-state index contributed by atoms with van der Waals surface area (Å²) >= 11 is 0. The Balaban J connectivity index is 1.49. The highest BCUT2D eigenvalue weighted by atomic mass is 16.2. The third-order valence-corrected chi connectivity index (χ3v) is 5.46. The van der Waals surface area contributed by atoms with Gasteiger partial charge in [-0.3, -0.25) is 4.79 Å². The van der Waals surface area contributed by atoms with E-state index in [9.17, 15) is 4.79 Å². The Hall–Kier alpha value is -3.21. The average molecular weight is 356 g/mol. The second-order valence-corrected chi connectivity index (χ2v) is 7.15. The first-order valence-corrected chi connectivity index (χ1v) is 9.31. The third kappa shape index (κ3) is 2.58. The lowest BCUT2D eigenvalue weighted by molar-refractivity contribution is 0.0984. The number of carbonyl (C=O) groups excluding carboxylic acids is 1. The van der Waals surface area contributed by atoms with Crippen LogP contribution >= 0.6 is 0 Å². The Labute approximate surface area is 158 Å². The van der Waals surface area contributed by atoms with Crippen LogP contribution < -0.4 is 9.80 Å². The zero-order valence-electron chi connectivity index (χ0n) is 15.2. The van der Waals surface area contributed by atoms with Crippen molar-refractivity contribution in [3.8, 4) is 0 Å². The molecule has 0 N–H and O–H groups in total. The summed E-state index contributed by atoms with van der Waals surface area (Å²) in [5.74, 6) is 0.710. The van der Waals surface area contributed by atoms with Gasteiger partial charge in [0, 0.05) is 30.0 Å². The van der Waals surface area contributed by atoms with Gasteiger partial charge in [0.2, 0.25) is 0 Å². The molecule has 2 aliphatic rings. The van der Waals surface area contributed by atoms with Crippen molar-refractivity contribution >= 4 is 23.1 Å². The Morgan fingerprint density at radius 2 is 1.74 bits per heavy atom. The summed E-state index contributed by atoms with van der Waals surface area (Å²) in [5, 5.41) is 0. The molecular formula is C22H20N4O. The summed E-state index contributed by atoms with van der Waals surface area (Å²) in [6.07, 6.45) is 3.36. The topological polar surface area (TPSA) is 49.3 Å². The highest BCUT2D eigenvalue weighted by Gasteiger charge is 2.30. The molecule has 1 aromatic heterocycles. The van der Waals surface area contributed by atoms with Crippen LogP contribution in [0.1, 0.15) is 28.5 Å². The van der Waals surface area contributed by atoms with Gasteiger partial charge in [0.25, 0.3) is 5.91 Å². The summed E-state index contributed by atoms with van der Waals surface area (Å²) in [6.45, 7) is 2.88.